The average molecular weight is 222 g/mol. The van der Waals surface area contributed by atoms with Crippen LogP contribution in [0.1, 0.15) is 19.8 Å². The third-order valence-electron chi connectivity index (χ3n) is 2.33. The molecule has 2 N–H and O–H groups in total. The van der Waals surface area contributed by atoms with Crippen molar-refractivity contribution in [1.82, 2.24) is 5.32 Å². The Labute approximate surface area is 98.2 Å². The molecule has 0 aliphatic carbocycles. The fraction of sp³-hybridized carbons (Fsp3) is 0.538. The second kappa shape index (κ2) is 7.99. The van der Waals surface area contributed by atoms with Gasteiger partial charge in [-0.05, 0) is 37.7 Å². The van der Waals surface area contributed by atoms with Crippen molar-refractivity contribution >= 4 is 5.69 Å². The lowest BCUT2D eigenvalue weighted by Crippen LogP contribution is -2.17. The molecule has 16 heavy (non-hydrogen) atoms. The molecule has 3 nitrogen and oxygen atoms in total. The zero-order valence-corrected chi connectivity index (χ0v) is 10.3. The number of unbranched alkanes of at least 4 members (excludes halogenated alkanes) is 1. The van der Waals surface area contributed by atoms with E-state index in [1.807, 2.05) is 19.2 Å². The number of anilines is 1. The minimum Gasteiger partial charge on any atom is -0.494 e. The summed E-state index contributed by atoms with van der Waals surface area (Å²) in [5, 5.41) is 6.42. The zero-order chi connectivity index (χ0) is 11.6. The molecule has 0 saturated heterocycles. The molecule has 0 aliphatic heterocycles. The van der Waals surface area contributed by atoms with Crippen molar-refractivity contribution in [1.29, 1.82) is 0 Å². The molecule has 90 valence electrons. The van der Waals surface area contributed by atoms with E-state index in [9.17, 15) is 0 Å². The molecule has 0 aromatic heterocycles. The quantitative estimate of drug-likeness (QED) is 0.663. The fourth-order valence-electron chi connectivity index (χ4n) is 1.34. The number of hydrogen-bond acceptors (Lipinski definition) is 3. The highest BCUT2D eigenvalue weighted by molar-refractivity contribution is 5.46. The van der Waals surface area contributed by atoms with Crippen LogP contribution in [0.3, 0.4) is 0 Å². The smallest absolute Gasteiger partial charge is 0.119 e. The van der Waals surface area contributed by atoms with Crippen molar-refractivity contribution in [3.63, 3.8) is 0 Å². The van der Waals surface area contributed by atoms with Crippen molar-refractivity contribution in [2.45, 2.75) is 19.8 Å². The Hall–Kier alpha value is -1.22. The Morgan fingerprint density at radius 1 is 1.12 bits per heavy atom. The first-order chi connectivity index (χ1) is 7.86. The van der Waals surface area contributed by atoms with Gasteiger partial charge in [-0.2, -0.15) is 0 Å². The molecule has 0 fully saturated rings. The highest BCUT2D eigenvalue weighted by Crippen LogP contribution is 2.15. The highest BCUT2D eigenvalue weighted by atomic mass is 16.5. The largest absolute Gasteiger partial charge is 0.494 e. The van der Waals surface area contributed by atoms with Crippen molar-refractivity contribution < 1.29 is 4.74 Å². The zero-order valence-electron chi connectivity index (χ0n) is 10.3. The fourth-order valence-corrected chi connectivity index (χ4v) is 1.34. The maximum atomic E-state index is 5.59. The standard InChI is InChI=1S/C13H22N2O/c1-3-4-11-16-13-7-5-12(6-8-13)15-10-9-14-2/h5-8,14-15H,3-4,9-11H2,1-2H3. The van der Waals surface area contributed by atoms with E-state index in [0.717, 1.165) is 37.6 Å². The molecule has 0 bridgehead atoms. The predicted octanol–water partition coefficient (Wildman–Crippen LogP) is 2.50. The molecule has 0 unspecified atom stereocenters. The van der Waals surface area contributed by atoms with Crippen LogP contribution < -0.4 is 15.4 Å². The minimum absolute atomic E-state index is 0.809. The van der Waals surface area contributed by atoms with Crippen molar-refractivity contribution in [3.05, 3.63) is 24.3 Å². The molecule has 0 heterocycles. The normalized spacial score (nSPS) is 10.1. The average Bonchev–Trinajstić information content (AvgIpc) is 2.32. The van der Waals surface area contributed by atoms with Gasteiger partial charge in [0.25, 0.3) is 0 Å². The van der Waals surface area contributed by atoms with Gasteiger partial charge in [0.05, 0.1) is 6.61 Å². The second-order valence-electron chi connectivity index (χ2n) is 3.76. The molecule has 0 radical (unpaired) electrons. The summed E-state index contributed by atoms with van der Waals surface area (Å²) in [6.45, 7) is 4.88. The number of rotatable bonds is 8. The monoisotopic (exact) mass is 222 g/mol. The Kier molecular flexibility index (Phi) is 6.42. The van der Waals surface area contributed by atoms with Crippen LogP contribution in [0.25, 0.3) is 0 Å². The third-order valence-corrected chi connectivity index (χ3v) is 2.33. The summed E-state index contributed by atoms with van der Waals surface area (Å²) in [6.07, 6.45) is 2.28. The molecule has 1 aromatic rings. The van der Waals surface area contributed by atoms with E-state index in [1.54, 1.807) is 0 Å². The number of hydrogen-bond donors (Lipinski definition) is 2. The van der Waals surface area contributed by atoms with Gasteiger partial charge in [-0.1, -0.05) is 13.3 Å². The lowest BCUT2D eigenvalue weighted by molar-refractivity contribution is 0.309. The van der Waals surface area contributed by atoms with Crippen molar-refractivity contribution in [3.8, 4) is 5.75 Å². The van der Waals surface area contributed by atoms with Crippen LogP contribution in [-0.4, -0.2) is 26.7 Å². The summed E-state index contributed by atoms with van der Waals surface area (Å²) in [6, 6.07) is 8.13. The van der Waals surface area contributed by atoms with Crippen LogP contribution in [0, 0.1) is 0 Å². The van der Waals surface area contributed by atoms with E-state index in [0.29, 0.717) is 0 Å². The van der Waals surface area contributed by atoms with Gasteiger partial charge in [0.2, 0.25) is 0 Å². The van der Waals surface area contributed by atoms with E-state index >= 15 is 0 Å². The summed E-state index contributed by atoms with van der Waals surface area (Å²) in [5.74, 6) is 0.951. The maximum Gasteiger partial charge on any atom is 0.119 e. The molecule has 1 aromatic carbocycles. The van der Waals surface area contributed by atoms with Crippen molar-refractivity contribution in [2.24, 2.45) is 0 Å². The van der Waals surface area contributed by atoms with Gasteiger partial charge in [0, 0.05) is 18.8 Å². The van der Waals surface area contributed by atoms with E-state index in [1.165, 1.54) is 6.42 Å². The third kappa shape index (κ3) is 5.03. The first-order valence-corrected chi connectivity index (χ1v) is 5.98. The predicted molar refractivity (Wildman–Crippen MR) is 69.3 cm³/mol. The number of likely N-dealkylation sites (N-methyl/N-ethyl adjacent to an activating group) is 1. The van der Waals surface area contributed by atoms with Crippen LogP contribution in [0.2, 0.25) is 0 Å². The van der Waals surface area contributed by atoms with Crippen LogP contribution in [-0.2, 0) is 0 Å². The first-order valence-electron chi connectivity index (χ1n) is 5.98. The summed E-state index contributed by atoms with van der Waals surface area (Å²) in [5.41, 5.74) is 1.14. The Bertz CT molecular complexity index is 243. The molecule has 3 heteroatoms. The van der Waals surface area contributed by atoms with E-state index < -0.39 is 0 Å². The van der Waals surface area contributed by atoms with Gasteiger partial charge < -0.3 is 15.4 Å². The van der Waals surface area contributed by atoms with Gasteiger partial charge in [-0.15, -0.1) is 0 Å². The van der Waals surface area contributed by atoms with Crippen LogP contribution >= 0.6 is 0 Å². The van der Waals surface area contributed by atoms with Gasteiger partial charge >= 0.3 is 0 Å². The Balaban J connectivity index is 2.30. The minimum atomic E-state index is 0.809. The maximum absolute atomic E-state index is 5.59. The number of ether oxygens (including phenoxy) is 1. The summed E-state index contributed by atoms with van der Waals surface area (Å²) >= 11 is 0. The van der Waals surface area contributed by atoms with E-state index in [2.05, 4.69) is 29.7 Å². The lowest BCUT2D eigenvalue weighted by atomic mass is 10.3. The molecule has 0 amide bonds. The van der Waals surface area contributed by atoms with Gasteiger partial charge in [-0.3, -0.25) is 0 Å². The highest BCUT2D eigenvalue weighted by Gasteiger charge is 1.94. The topological polar surface area (TPSA) is 33.3 Å². The first kappa shape index (κ1) is 12.8. The molecule has 0 saturated carbocycles. The molecular weight excluding hydrogens is 200 g/mol. The van der Waals surface area contributed by atoms with Crippen molar-refractivity contribution in [2.75, 3.05) is 32.1 Å². The van der Waals surface area contributed by atoms with E-state index in [-0.39, 0.29) is 0 Å². The summed E-state index contributed by atoms with van der Waals surface area (Å²) in [7, 11) is 1.95. The molecule has 0 atom stereocenters. The molecule has 1 rings (SSSR count). The lowest BCUT2D eigenvalue weighted by Gasteiger charge is -2.08. The Morgan fingerprint density at radius 2 is 1.88 bits per heavy atom. The molecular formula is C13H22N2O. The number of benzene rings is 1. The SMILES string of the molecule is CCCCOc1ccc(NCCNC)cc1. The van der Waals surface area contributed by atoms with Gasteiger partial charge in [0.1, 0.15) is 5.75 Å². The molecule has 0 aliphatic rings. The summed E-state index contributed by atoms with van der Waals surface area (Å²) < 4.78 is 5.59. The van der Waals surface area contributed by atoms with Crippen LogP contribution in [0.5, 0.6) is 5.75 Å². The second-order valence-corrected chi connectivity index (χ2v) is 3.76. The van der Waals surface area contributed by atoms with Gasteiger partial charge in [-0.25, -0.2) is 0 Å². The van der Waals surface area contributed by atoms with Gasteiger partial charge in [0.15, 0.2) is 0 Å². The van der Waals surface area contributed by atoms with Crippen LogP contribution in [0.4, 0.5) is 5.69 Å². The summed E-state index contributed by atoms with van der Waals surface area (Å²) in [4.78, 5) is 0. The molecule has 0 spiro atoms. The Morgan fingerprint density at radius 3 is 2.50 bits per heavy atom. The number of nitrogens with one attached hydrogen (secondary N) is 2. The van der Waals surface area contributed by atoms with Crippen LogP contribution in [0.15, 0.2) is 24.3 Å². The van der Waals surface area contributed by atoms with E-state index in [4.69, 9.17) is 4.74 Å².